The first-order valence-corrected chi connectivity index (χ1v) is 12.9. The van der Waals surface area contributed by atoms with Gasteiger partial charge in [-0.3, -0.25) is 0 Å². The summed E-state index contributed by atoms with van der Waals surface area (Å²) in [6.45, 7) is 9.15. The molecule has 0 aliphatic carbocycles. The SMILES string of the molecule is C[C](C)C(C)(CCOc1ccccc1)C(CCCOc1ccccc1)CCCOc1ccccc1. The summed E-state index contributed by atoms with van der Waals surface area (Å²) in [5, 5.41) is 0. The summed E-state index contributed by atoms with van der Waals surface area (Å²) in [6, 6.07) is 30.3. The first-order valence-electron chi connectivity index (χ1n) is 12.9. The van der Waals surface area contributed by atoms with Crippen LogP contribution in [0.25, 0.3) is 0 Å². The lowest BCUT2D eigenvalue weighted by atomic mass is 9.64. The lowest BCUT2D eigenvalue weighted by Gasteiger charge is -2.41. The Morgan fingerprint density at radius 1 is 0.600 bits per heavy atom. The second kappa shape index (κ2) is 14.5. The van der Waals surface area contributed by atoms with Crippen LogP contribution in [-0.2, 0) is 0 Å². The number of para-hydroxylation sites is 3. The molecular weight excluding hydrogens is 432 g/mol. The number of ether oxygens (including phenoxy) is 3. The maximum atomic E-state index is 6.11. The third-order valence-electron chi connectivity index (χ3n) is 7.09. The normalized spacial score (nSPS) is 12.9. The van der Waals surface area contributed by atoms with Gasteiger partial charge in [0.25, 0.3) is 0 Å². The third-order valence-corrected chi connectivity index (χ3v) is 7.09. The van der Waals surface area contributed by atoms with Gasteiger partial charge in [0, 0.05) is 0 Å². The van der Waals surface area contributed by atoms with Crippen LogP contribution >= 0.6 is 0 Å². The summed E-state index contributed by atoms with van der Waals surface area (Å²) in [6.07, 6.45) is 5.29. The average molecular weight is 474 g/mol. The smallest absolute Gasteiger partial charge is 0.119 e. The summed E-state index contributed by atoms with van der Waals surface area (Å²) in [5.41, 5.74) is 0.0915. The van der Waals surface area contributed by atoms with Crippen LogP contribution in [0.15, 0.2) is 91.0 Å². The van der Waals surface area contributed by atoms with Crippen molar-refractivity contribution in [2.45, 2.75) is 52.9 Å². The highest BCUT2D eigenvalue weighted by Crippen LogP contribution is 2.45. The maximum absolute atomic E-state index is 6.11. The van der Waals surface area contributed by atoms with Crippen LogP contribution in [0.2, 0.25) is 0 Å². The first-order chi connectivity index (χ1) is 17.1. The molecule has 3 nitrogen and oxygen atoms in total. The Morgan fingerprint density at radius 2 is 0.971 bits per heavy atom. The van der Waals surface area contributed by atoms with Crippen molar-refractivity contribution in [3.63, 3.8) is 0 Å². The van der Waals surface area contributed by atoms with E-state index in [1.165, 1.54) is 5.92 Å². The highest BCUT2D eigenvalue weighted by molar-refractivity contribution is 5.22. The van der Waals surface area contributed by atoms with E-state index in [1.807, 2.05) is 91.0 Å². The van der Waals surface area contributed by atoms with Crippen LogP contribution in [0, 0.1) is 17.3 Å². The molecule has 187 valence electrons. The minimum absolute atomic E-state index is 0.0915. The lowest BCUT2D eigenvalue weighted by Crippen LogP contribution is -2.34. The molecule has 3 heteroatoms. The van der Waals surface area contributed by atoms with E-state index in [9.17, 15) is 0 Å². The highest BCUT2D eigenvalue weighted by atomic mass is 16.5. The zero-order valence-electron chi connectivity index (χ0n) is 21.6. The Balaban J connectivity index is 1.57. The van der Waals surface area contributed by atoms with E-state index in [2.05, 4.69) is 20.8 Å². The van der Waals surface area contributed by atoms with Gasteiger partial charge in [-0.1, -0.05) is 75.4 Å². The summed E-state index contributed by atoms with van der Waals surface area (Å²) in [5.74, 6) is 4.82. The summed E-state index contributed by atoms with van der Waals surface area (Å²) in [7, 11) is 0. The quantitative estimate of drug-likeness (QED) is 0.195. The van der Waals surface area contributed by atoms with Gasteiger partial charge in [0.15, 0.2) is 0 Å². The van der Waals surface area contributed by atoms with Crippen LogP contribution in [0.1, 0.15) is 52.9 Å². The van der Waals surface area contributed by atoms with Crippen molar-refractivity contribution in [1.29, 1.82) is 0 Å². The number of hydrogen-bond acceptors (Lipinski definition) is 3. The molecule has 3 rings (SSSR count). The van der Waals surface area contributed by atoms with E-state index in [0.717, 1.165) is 62.6 Å². The number of rotatable bonds is 16. The van der Waals surface area contributed by atoms with Crippen molar-refractivity contribution in [3.8, 4) is 17.2 Å². The molecule has 0 N–H and O–H groups in total. The molecule has 0 fully saturated rings. The fraction of sp³-hybridized carbons (Fsp3) is 0.406. The van der Waals surface area contributed by atoms with Crippen LogP contribution < -0.4 is 14.2 Å². The minimum atomic E-state index is 0.0915. The second-order valence-electron chi connectivity index (χ2n) is 9.63. The van der Waals surface area contributed by atoms with E-state index >= 15 is 0 Å². The number of hydrogen-bond donors (Lipinski definition) is 0. The zero-order chi connectivity index (χ0) is 24.8. The van der Waals surface area contributed by atoms with Gasteiger partial charge in [-0.05, 0) is 85.8 Å². The van der Waals surface area contributed by atoms with Gasteiger partial charge >= 0.3 is 0 Å². The monoisotopic (exact) mass is 473 g/mol. The Kier molecular flexibility index (Phi) is 11.0. The topological polar surface area (TPSA) is 27.7 Å². The highest BCUT2D eigenvalue weighted by Gasteiger charge is 2.36. The van der Waals surface area contributed by atoms with Crippen LogP contribution in [0.5, 0.6) is 17.2 Å². The second-order valence-corrected chi connectivity index (χ2v) is 9.63. The molecule has 1 radical (unpaired) electrons. The fourth-order valence-electron chi connectivity index (χ4n) is 4.61. The van der Waals surface area contributed by atoms with Crippen molar-refractivity contribution in [1.82, 2.24) is 0 Å². The molecule has 0 aromatic heterocycles. The Bertz CT molecular complexity index is 879. The fourth-order valence-corrected chi connectivity index (χ4v) is 4.61. The molecule has 1 unspecified atom stereocenters. The zero-order valence-corrected chi connectivity index (χ0v) is 21.6. The molecule has 0 saturated carbocycles. The van der Waals surface area contributed by atoms with Crippen molar-refractivity contribution >= 4 is 0 Å². The molecule has 0 amide bonds. The van der Waals surface area contributed by atoms with E-state index in [-0.39, 0.29) is 5.41 Å². The van der Waals surface area contributed by atoms with E-state index < -0.39 is 0 Å². The molecule has 0 spiro atoms. The van der Waals surface area contributed by atoms with Crippen molar-refractivity contribution in [2.24, 2.45) is 11.3 Å². The first kappa shape index (κ1) is 26.7. The molecule has 0 aliphatic heterocycles. The molecule has 3 aromatic rings. The van der Waals surface area contributed by atoms with Gasteiger partial charge in [-0.2, -0.15) is 0 Å². The van der Waals surface area contributed by atoms with Crippen LogP contribution in [0.4, 0.5) is 0 Å². The minimum Gasteiger partial charge on any atom is -0.494 e. The number of benzene rings is 3. The van der Waals surface area contributed by atoms with Crippen molar-refractivity contribution < 1.29 is 14.2 Å². The standard InChI is InChI=1S/C32H41O3/c1-27(2)32(3,23-26-35-31-21-11-6-12-22-31)28(15-13-24-33-29-17-7-4-8-18-29)16-14-25-34-30-19-9-5-10-20-30/h4-12,17-22,28H,13-16,23-26H2,1-3H3. The molecule has 1 atom stereocenters. The van der Waals surface area contributed by atoms with E-state index in [4.69, 9.17) is 14.2 Å². The van der Waals surface area contributed by atoms with Gasteiger partial charge in [0.2, 0.25) is 0 Å². The van der Waals surface area contributed by atoms with E-state index in [1.54, 1.807) is 0 Å². The molecule has 0 heterocycles. The van der Waals surface area contributed by atoms with Gasteiger partial charge < -0.3 is 14.2 Å². The summed E-state index contributed by atoms with van der Waals surface area (Å²) < 4.78 is 18.1. The summed E-state index contributed by atoms with van der Waals surface area (Å²) >= 11 is 0. The van der Waals surface area contributed by atoms with Crippen molar-refractivity contribution in [3.05, 3.63) is 96.9 Å². The third kappa shape index (κ3) is 8.98. The van der Waals surface area contributed by atoms with Gasteiger partial charge in [-0.15, -0.1) is 0 Å². The maximum Gasteiger partial charge on any atom is 0.119 e. The molecule has 0 saturated heterocycles. The van der Waals surface area contributed by atoms with Gasteiger partial charge in [0.05, 0.1) is 19.8 Å². The Labute approximate surface area is 212 Å². The molecule has 35 heavy (non-hydrogen) atoms. The van der Waals surface area contributed by atoms with Crippen molar-refractivity contribution in [2.75, 3.05) is 19.8 Å². The Hall–Kier alpha value is -2.94. The molecule has 0 aliphatic rings. The van der Waals surface area contributed by atoms with Gasteiger partial charge in [-0.25, -0.2) is 0 Å². The Morgan fingerprint density at radius 3 is 1.34 bits per heavy atom. The van der Waals surface area contributed by atoms with E-state index in [0.29, 0.717) is 12.5 Å². The van der Waals surface area contributed by atoms with Gasteiger partial charge in [0.1, 0.15) is 17.2 Å². The predicted molar refractivity (Wildman–Crippen MR) is 145 cm³/mol. The summed E-state index contributed by atoms with van der Waals surface area (Å²) in [4.78, 5) is 0. The predicted octanol–water partition coefficient (Wildman–Crippen LogP) is 8.41. The average Bonchev–Trinajstić information content (AvgIpc) is 2.89. The lowest BCUT2D eigenvalue weighted by molar-refractivity contribution is 0.119. The molecule has 0 bridgehead atoms. The molecule has 3 aromatic carbocycles. The molecular formula is C32H41O3. The van der Waals surface area contributed by atoms with Crippen LogP contribution in [0.3, 0.4) is 0 Å². The van der Waals surface area contributed by atoms with Crippen LogP contribution in [-0.4, -0.2) is 19.8 Å². The largest absolute Gasteiger partial charge is 0.494 e.